The monoisotopic (exact) mass is 1100 g/mol. The van der Waals surface area contributed by atoms with Crippen LogP contribution >= 0.6 is 143 Å². The van der Waals surface area contributed by atoms with Crippen molar-refractivity contribution < 1.29 is 16.8 Å². The van der Waals surface area contributed by atoms with Gasteiger partial charge >= 0.3 is 0 Å². The summed E-state index contributed by atoms with van der Waals surface area (Å²) in [6.07, 6.45) is 1.91. The molecule has 0 saturated heterocycles. The minimum atomic E-state index is -3.72. The summed E-state index contributed by atoms with van der Waals surface area (Å²) in [5.41, 5.74) is 1.53. The summed E-state index contributed by atoms with van der Waals surface area (Å²) in [5, 5.41) is 3.83. The summed E-state index contributed by atoms with van der Waals surface area (Å²) < 4.78 is 46.7. The van der Waals surface area contributed by atoms with Gasteiger partial charge in [0.05, 0.1) is 4.90 Å². The van der Waals surface area contributed by atoms with E-state index >= 15 is 0 Å². The minimum Gasteiger partial charge on any atom is -0.220 e. The molecule has 1 aromatic carbocycles. The third-order valence-corrected chi connectivity index (χ3v) is 15.3. The van der Waals surface area contributed by atoms with Crippen molar-refractivity contribution in [1.29, 1.82) is 0 Å². The van der Waals surface area contributed by atoms with Gasteiger partial charge in [0, 0.05) is 12.1 Å². The van der Waals surface area contributed by atoms with Gasteiger partial charge < -0.3 is 0 Å². The zero-order valence-corrected chi connectivity index (χ0v) is 32.7. The molecule has 0 N–H and O–H groups in total. The van der Waals surface area contributed by atoms with E-state index in [1.165, 1.54) is 16.9 Å². The fraction of sp³-hybridized carbons (Fsp3) is 0.312. The summed E-state index contributed by atoms with van der Waals surface area (Å²) in [6.45, 7) is 1.69. The van der Waals surface area contributed by atoms with E-state index in [1.54, 1.807) is 31.2 Å². The molecule has 0 fully saturated rings. The molecule has 0 aliphatic rings. The molecule has 0 amide bonds. The maximum Gasteiger partial charge on any atom is 0.253 e. The van der Waals surface area contributed by atoms with Crippen LogP contribution in [0.15, 0.2) is 46.6 Å². The highest BCUT2D eigenvalue weighted by Gasteiger charge is 2.40. The third kappa shape index (κ3) is 8.74. The lowest BCUT2D eigenvalue weighted by Crippen LogP contribution is -2.21. The van der Waals surface area contributed by atoms with Crippen molar-refractivity contribution in [1.82, 2.24) is 19.6 Å². The maximum atomic E-state index is 12.3. The average molecular weight is 1110 g/mol. The van der Waals surface area contributed by atoms with Gasteiger partial charge in [0.2, 0.25) is 22.6 Å². The molecule has 0 atom stereocenters. The van der Waals surface area contributed by atoms with Crippen LogP contribution in [0.2, 0.25) is 0 Å². The lowest BCUT2D eigenvalue weighted by Gasteiger charge is -2.15. The van der Waals surface area contributed by atoms with Gasteiger partial charge in [-0.25, -0.2) is 21.8 Å². The lowest BCUT2D eigenvalue weighted by atomic mass is 10.2. The first-order chi connectivity index (χ1) is 15.7. The number of aryl methyl sites for hydroxylation is 1. The molecule has 0 bridgehead atoms. The highest BCUT2D eigenvalue weighted by Crippen LogP contribution is 2.44. The van der Waals surface area contributed by atoms with Crippen molar-refractivity contribution in [2.24, 2.45) is 0 Å². The van der Waals surface area contributed by atoms with Crippen LogP contribution in [-0.4, -0.2) is 41.5 Å². The summed E-state index contributed by atoms with van der Waals surface area (Å²) in [4.78, 5) is 8.16. The van der Waals surface area contributed by atoms with E-state index in [9.17, 15) is 16.8 Å². The van der Waals surface area contributed by atoms with Crippen LogP contribution in [0, 0.1) is 6.92 Å². The normalized spacial score (nSPS) is 13.4. The van der Waals surface area contributed by atoms with E-state index in [2.05, 4.69) is 158 Å². The Morgan fingerprint density at radius 3 is 1.80 bits per heavy atom. The zero-order chi connectivity index (χ0) is 27.0. The topological polar surface area (TPSA) is 111 Å². The van der Waals surface area contributed by atoms with Crippen molar-refractivity contribution in [3.63, 3.8) is 0 Å². The third-order valence-electron chi connectivity index (χ3n) is 3.87. The van der Waals surface area contributed by atoms with Crippen LogP contribution in [0.3, 0.4) is 0 Å². The molecular formula is C16H11Br9N4O4S2. The Hall–Kier alpha value is 1.99. The Bertz CT molecular complexity index is 1410. The first kappa shape index (κ1) is 33.2. The first-order valence-electron chi connectivity index (χ1n) is 8.62. The molecule has 2 heterocycles. The van der Waals surface area contributed by atoms with Crippen molar-refractivity contribution in [2.45, 2.75) is 28.4 Å². The molecule has 2 aromatic heterocycles. The molecule has 0 aliphatic heterocycles. The Morgan fingerprint density at radius 1 is 0.829 bits per heavy atom. The van der Waals surface area contributed by atoms with E-state index in [4.69, 9.17) is 0 Å². The van der Waals surface area contributed by atoms with Crippen molar-refractivity contribution in [3.05, 3.63) is 47.9 Å². The number of nitrogens with zero attached hydrogens (tertiary/aromatic N) is 4. The highest BCUT2D eigenvalue weighted by atomic mass is 80.0. The van der Waals surface area contributed by atoms with Gasteiger partial charge in [0.15, 0.2) is 5.03 Å². The Morgan fingerprint density at radius 2 is 1.34 bits per heavy atom. The van der Waals surface area contributed by atoms with E-state index in [-0.39, 0.29) is 17.8 Å². The summed E-state index contributed by atoms with van der Waals surface area (Å²) >= 11 is 28.3. The molecule has 0 unspecified atom stereocenters. The number of halogens is 9. The van der Waals surface area contributed by atoms with Gasteiger partial charge in [-0.05, 0) is 126 Å². The van der Waals surface area contributed by atoms with Crippen molar-refractivity contribution in [2.75, 3.05) is 0 Å². The van der Waals surface area contributed by atoms with Gasteiger partial charge in [-0.1, -0.05) is 59.9 Å². The molecule has 0 radical (unpaired) electrons. The van der Waals surface area contributed by atoms with Crippen LogP contribution in [0.25, 0.3) is 5.78 Å². The van der Waals surface area contributed by atoms with Crippen LogP contribution in [0.5, 0.6) is 0 Å². The quantitative estimate of drug-likeness (QED) is 0.196. The van der Waals surface area contributed by atoms with Crippen LogP contribution in [0.4, 0.5) is 0 Å². The molecule has 3 rings (SSSR count). The van der Waals surface area contributed by atoms with E-state index in [1.807, 2.05) is 0 Å². The second-order valence-electron chi connectivity index (χ2n) is 6.54. The average Bonchev–Trinajstić information content (AvgIpc) is 3.13. The van der Waals surface area contributed by atoms with Crippen LogP contribution in [0.1, 0.15) is 11.3 Å². The summed E-state index contributed by atoms with van der Waals surface area (Å²) in [6, 6.07) is 8.10. The molecule has 19 heteroatoms. The molecule has 0 saturated carbocycles. The Kier molecular flexibility index (Phi) is 11.6. The van der Waals surface area contributed by atoms with Crippen LogP contribution in [-0.2, 0) is 26.1 Å². The summed E-state index contributed by atoms with van der Waals surface area (Å²) in [5.74, 6) is 0.236. The van der Waals surface area contributed by atoms with Gasteiger partial charge in [0.1, 0.15) is 8.47 Å². The van der Waals surface area contributed by atoms with Gasteiger partial charge in [-0.15, -0.1) is 0 Å². The molecule has 0 aliphatic carbocycles. The lowest BCUT2D eigenvalue weighted by molar-refractivity contribution is 0.589. The van der Waals surface area contributed by atoms with Crippen molar-refractivity contribution in [3.8, 4) is 0 Å². The fourth-order valence-electron chi connectivity index (χ4n) is 2.36. The number of benzene rings is 1. The number of fused-ring (bicyclic) bond motifs is 1. The number of aromatic nitrogens is 4. The van der Waals surface area contributed by atoms with Gasteiger partial charge in [-0.2, -0.15) is 14.6 Å². The van der Waals surface area contributed by atoms with Gasteiger partial charge in [0.25, 0.3) is 5.78 Å². The fourth-order valence-corrected chi connectivity index (χ4v) is 8.19. The number of hydrogen-bond acceptors (Lipinski definition) is 7. The van der Waals surface area contributed by atoms with Gasteiger partial charge in [-0.3, -0.25) is 0 Å². The Labute approximate surface area is 277 Å². The molecule has 35 heavy (non-hydrogen) atoms. The van der Waals surface area contributed by atoms with E-state index in [0.717, 1.165) is 5.56 Å². The predicted molar refractivity (Wildman–Crippen MR) is 169 cm³/mol. The number of alkyl halides is 9. The maximum absolute atomic E-state index is 12.3. The van der Waals surface area contributed by atoms with Crippen molar-refractivity contribution >= 4 is 169 Å². The van der Waals surface area contributed by atoms with Crippen LogP contribution < -0.4 is 0 Å². The molecule has 0 spiro atoms. The summed E-state index contributed by atoms with van der Waals surface area (Å²) in [7, 11) is -7.25. The number of rotatable bonds is 3. The minimum absolute atomic E-state index is 0.0110. The molecule has 3 aromatic rings. The molecule has 8 nitrogen and oxygen atoms in total. The first-order valence-corrected chi connectivity index (χ1v) is 18.7. The predicted octanol–water partition coefficient (Wildman–Crippen LogP) is 7.64. The molecular weight excluding hydrogens is 1100 g/mol. The largest absolute Gasteiger partial charge is 0.253 e. The van der Waals surface area contributed by atoms with E-state index in [0.29, 0.717) is 12.1 Å². The smallest absolute Gasteiger partial charge is 0.220 e. The SMILES string of the molecule is Cc1cc(S(=O)(=O)C(Br)(Br)Br)n2ncnc2n1.O=S(=O)(c1ccc(CC(Br)(Br)Br)cc1)C(Br)(Br)Br. The second-order valence-corrected chi connectivity index (χ2v) is 34.6. The number of sulfone groups is 2. The Balaban J connectivity index is 0.000000247. The van der Waals surface area contributed by atoms with E-state index < -0.39 is 22.6 Å². The standard InChI is InChI=1S/C9H6Br6O2S.C7H5Br3N4O2S/c10-8(11,12)5-6-1-3-7(4-2-6)18(16,17)9(13,14)15;1-4-2-5(17(15,16)7(8,9)10)14-6(13-4)11-3-12-14/h1-4H,5H2;2-3H,1H3. The number of hydrogen-bond donors (Lipinski definition) is 0. The second kappa shape index (κ2) is 12.2. The zero-order valence-electron chi connectivity index (χ0n) is 16.8. The molecule has 194 valence electrons. The highest BCUT2D eigenvalue weighted by molar-refractivity contribution is 9.42.